The number of anilines is 1. The molecule has 24 heavy (non-hydrogen) atoms. The van der Waals surface area contributed by atoms with Gasteiger partial charge in [-0.15, -0.1) is 0 Å². The molecule has 0 spiro atoms. The van der Waals surface area contributed by atoms with Gasteiger partial charge < -0.3 is 20.1 Å². The van der Waals surface area contributed by atoms with Crippen molar-refractivity contribution >= 4 is 48.5 Å². The number of imidazole rings is 1. The number of hydrogen-bond acceptors (Lipinski definition) is 6. The Hall–Kier alpha value is -2.24. The van der Waals surface area contributed by atoms with Gasteiger partial charge in [0.05, 0.1) is 35.9 Å². The third-order valence-corrected chi connectivity index (χ3v) is 4.14. The molecule has 0 fully saturated rings. The van der Waals surface area contributed by atoms with Crippen LogP contribution in [0.25, 0.3) is 21.9 Å². The number of esters is 1. The number of aliphatic hydroxyl groups is 1. The highest BCUT2D eigenvalue weighted by Gasteiger charge is 2.21. The molecule has 0 aliphatic carbocycles. The van der Waals surface area contributed by atoms with Crippen LogP contribution >= 0.6 is 9.24 Å². The fraction of sp³-hybridized carbons (Fsp3) is 0.312. The molecule has 2 heterocycles. The first-order valence-electron chi connectivity index (χ1n) is 7.37. The summed E-state index contributed by atoms with van der Waals surface area (Å²) in [7, 11) is 3.88. The number of carbonyl (C=O) groups is 1. The lowest BCUT2D eigenvalue weighted by molar-refractivity contribution is 0.0599. The first-order chi connectivity index (χ1) is 11.2. The molecular formula is C16H19N4O3P. The Morgan fingerprint density at radius 3 is 2.75 bits per heavy atom. The Morgan fingerprint density at radius 1 is 1.42 bits per heavy atom. The topological polar surface area (TPSA) is 103 Å². The summed E-state index contributed by atoms with van der Waals surface area (Å²) >= 11 is 0. The van der Waals surface area contributed by atoms with Crippen LogP contribution < -0.4 is 11.3 Å². The van der Waals surface area contributed by atoms with Gasteiger partial charge in [0.2, 0.25) is 0 Å². The quantitative estimate of drug-likeness (QED) is 0.546. The molecule has 7 nitrogen and oxygen atoms in total. The summed E-state index contributed by atoms with van der Waals surface area (Å²) in [5.41, 5.74) is 8.11. The van der Waals surface area contributed by atoms with Crippen molar-refractivity contribution in [2.24, 2.45) is 0 Å². The molecule has 0 amide bonds. The second-order valence-electron chi connectivity index (χ2n) is 6.29. The van der Waals surface area contributed by atoms with E-state index < -0.39 is 11.6 Å². The van der Waals surface area contributed by atoms with Crippen molar-refractivity contribution in [1.29, 1.82) is 0 Å². The molecule has 0 aliphatic rings. The van der Waals surface area contributed by atoms with E-state index in [0.717, 1.165) is 10.9 Å². The summed E-state index contributed by atoms with van der Waals surface area (Å²) < 4.78 is 6.63. The van der Waals surface area contributed by atoms with Crippen LogP contribution in [0.1, 0.15) is 24.2 Å². The van der Waals surface area contributed by atoms with Crippen molar-refractivity contribution in [1.82, 2.24) is 14.5 Å². The molecule has 3 aromatic rings. The van der Waals surface area contributed by atoms with Crippen LogP contribution in [0.5, 0.6) is 0 Å². The lowest BCUT2D eigenvalue weighted by atomic mass is 10.1. The Morgan fingerprint density at radius 2 is 2.12 bits per heavy atom. The van der Waals surface area contributed by atoms with Crippen molar-refractivity contribution in [3.63, 3.8) is 0 Å². The van der Waals surface area contributed by atoms with E-state index in [1.807, 2.05) is 4.57 Å². The Labute approximate surface area is 141 Å². The van der Waals surface area contributed by atoms with Crippen LogP contribution in [-0.2, 0) is 11.3 Å². The van der Waals surface area contributed by atoms with E-state index in [1.54, 1.807) is 32.0 Å². The standard InChI is InChI=1S/C16H19N4O3P/c1-16(2,22)7-20-12-9-5-4-8(14(21)23-3)6-10(9)18-13(17)11(12)19-15(20)24/h4-6,22H,7,24H2,1-3H3,(H2,17,18). The van der Waals surface area contributed by atoms with Gasteiger partial charge in [-0.3, -0.25) is 0 Å². The molecule has 0 bridgehead atoms. The maximum atomic E-state index is 11.7. The zero-order valence-electron chi connectivity index (χ0n) is 13.7. The highest BCUT2D eigenvalue weighted by atomic mass is 31.0. The molecule has 0 radical (unpaired) electrons. The van der Waals surface area contributed by atoms with Gasteiger partial charge in [0.25, 0.3) is 0 Å². The van der Waals surface area contributed by atoms with Crippen LogP contribution in [-0.4, -0.2) is 38.3 Å². The summed E-state index contributed by atoms with van der Waals surface area (Å²) in [6.45, 7) is 3.80. The number of nitrogens with two attached hydrogens (primary N) is 1. The number of nitrogen functional groups attached to an aromatic ring is 1. The summed E-state index contributed by atoms with van der Waals surface area (Å²) in [4.78, 5) is 20.5. The molecule has 2 aromatic heterocycles. The molecule has 1 aromatic carbocycles. The van der Waals surface area contributed by atoms with Crippen molar-refractivity contribution in [2.75, 3.05) is 12.8 Å². The fourth-order valence-corrected chi connectivity index (χ4v) is 3.07. The number of fused-ring (bicyclic) bond motifs is 3. The summed E-state index contributed by atoms with van der Waals surface area (Å²) in [6, 6.07) is 5.11. The number of carbonyl (C=O) groups excluding carboxylic acids is 1. The molecule has 3 rings (SSSR count). The van der Waals surface area contributed by atoms with E-state index in [-0.39, 0.29) is 5.82 Å². The largest absolute Gasteiger partial charge is 0.465 e. The van der Waals surface area contributed by atoms with Gasteiger partial charge in [-0.05, 0) is 32.0 Å². The number of pyridine rings is 1. The second kappa shape index (κ2) is 5.69. The van der Waals surface area contributed by atoms with Crippen LogP contribution in [0.3, 0.4) is 0 Å². The summed E-state index contributed by atoms with van der Waals surface area (Å²) in [5, 5.41) is 11.0. The number of rotatable bonds is 3. The Bertz CT molecular complexity index is 959. The average molecular weight is 346 g/mol. The van der Waals surface area contributed by atoms with E-state index in [9.17, 15) is 9.90 Å². The predicted octanol–water partition coefficient (Wildman–Crippen LogP) is 1.22. The van der Waals surface area contributed by atoms with Crippen LogP contribution in [0.4, 0.5) is 5.82 Å². The third-order valence-electron chi connectivity index (χ3n) is 3.70. The van der Waals surface area contributed by atoms with Gasteiger partial charge in [-0.25, -0.2) is 14.8 Å². The van der Waals surface area contributed by atoms with Gasteiger partial charge in [-0.2, -0.15) is 0 Å². The van der Waals surface area contributed by atoms with Crippen molar-refractivity contribution < 1.29 is 14.6 Å². The maximum absolute atomic E-state index is 11.7. The van der Waals surface area contributed by atoms with E-state index in [4.69, 9.17) is 10.5 Å². The SMILES string of the molecule is COC(=O)c1ccc2c(c1)nc(N)c1nc(P)n(CC(C)(C)O)c12. The first kappa shape index (κ1) is 16.6. The lowest BCUT2D eigenvalue weighted by Crippen LogP contribution is -2.29. The highest BCUT2D eigenvalue weighted by Crippen LogP contribution is 2.28. The predicted molar refractivity (Wildman–Crippen MR) is 96.4 cm³/mol. The van der Waals surface area contributed by atoms with E-state index in [0.29, 0.717) is 28.7 Å². The molecule has 126 valence electrons. The van der Waals surface area contributed by atoms with E-state index in [2.05, 4.69) is 19.2 Å². The van der Waals surface area contributed by atoms with Crippen LogP contribution in [0, 0.1) is 0 Å². The molecule has 0 aliphatic heterocycles. The number of benzene rings is 1. The first-order valence-corrected chi connectivity index (χ1v) is 7.94. The minimum Gasteiger partial charge on any atom is -0.465 e. The molecule has 0 saturated carbocycles. The summed E-state index contributed by atoms with van der Waals surface area (Å²) in [5.74, 6) is -0.160. The van der Waals surface area contributed by atoms with Gasteiger partial charge in [-0.1, -0.05) is 9.24 Å². The summed E-state index contributed by atoms with van der Waals surface area (Å²) in [6.07, 6.45) is 0. The third kappa shape index (κ3) is 2.81. The molecule has 3 N–H and O–H groups in total. The Kier molecular flexibility index (Phi) is 3.94. The monoisotopic (exact) mass is 346 g/mol. The highest BCUT2D eigenvalue weighted by molar-refractivity contribution is 7.26. The number of ether oxygens (including phenoxy) is 1. The zero-order valence-corrected chi connectivity index (χ0v) is 14.9. The fourth-order valence-electron chi connectivity index (χ4n) is 2.72. The van der Waals surface area contributed by atoms with Crippen molar-refractivity contribution in [3.8, 4) is 0 Å². The van der Waals surface area contributed by atoms with Gasteiger partial charge in [0.15, 0.2) is 5.82 Å². The average Bonchev–Trinajstić information content (AvgIpc) is 2.82. The molecule has 8 heteroatoms. The molecule has 1 unspecified atom stereocenters. The lowest BCUT2D eigenvalue weighted by Gasteiger charge is -2.20. The second-order valence-corrected chi connectivity index (χ2v) is 6.80. The molecule has 0 saturated heterocycles. The van der Waals surface area contributed by atoms with E-state index in [1.165, 1.54) is 7.11 Å². The number of hydrogen-bond donors (Lipinski definition) is 2. The smallest absolute Gasteiger partial charge is 0.337 e. The van der Waals surface area contributed by atoms with Crippen molar-refractivity contribution in [2.45, 2.75) is 26.0 Å². The Balaban J connectivity index is 2.34. The van der Waals surface area contributed by atoms with Crippen molar-refractivity contribution in [3.05, 3.63) is 23.8 Å². The minimum absolute atomic E-state index is 0.276. The zero-order chi connectivity index (χ0) is 17.6. The molecule has 1 atom stereocenters. The number of nitrogens with zero attached hydrogens (tertiary/aromatic N) is 3. The van der Waals surface area contributed by atoms with Gasteiger partial charge >= 0.3 is 5.97 Å². The maximum Gasteiger partial charge on any atom is 0.337 e. The van der Waals surface area contributed by atoms with E-state index >= 15 is 0 Å². The number of methoxy groups -OCH3 is 1. The molecular weight excluding hydrogens is 327 g/mol. The minimum atomic E-state index is -0.921. The normalized spacial score (nSPS) is 12.0. The number of aromatic nitrogens is 3. The van der Waals surface area contributed by atoms with Gasteiger partial charge in [0, 0.05) is 5.39 Å². The van der Waals surface area contributed by atoms with Crippen LogP contribution in [0.15, 0.2) is 18.2 Å². The van der Waals surface area contributed by atoms with Gasteiger partial charge in [0.1, 0.15) is 11.1 Å². The van der Waals surface area contributed by atoms with Crippen LogP contribution in [0.2, 0.25) is 0 Å².